The highest BCUT2D eigenvalue weighted by atomic mass is 16.5. The van der Waals surface area contributed by atoms with E-state index < -0.39 is 5.97 Å². The second-order valence-electron chi connectivity index (χ2n) is 2.78. The summed E-state index contributed by atoms with van der Waals surface area (Å²) >= 11 is 0. The molecule has 0 bridgehead atoms. The van der Waals surface area contributed by atoms with Crippen LogP contribution in [0.3, 0.4) is 0 Å². The van der Waals surface area contributed by atoms with Crippen LogP contribution < -0.4 is 0 Å². The summed E-state index contributed by atoms with van der Waals surface area (Å²) in [6.07, 6.45) is 0.145. The Hall–Kier alpha value is -1.65. The predicted octanol–water partition coefficient (Wildman–Crippen LogP) is 0.983. The van der Waals surface area contributed by atoms with E-state index in [4.69, 9.17) is 9.26 Å². The van der Waals surface area contributed by atoms with Crippen molar-refractivity contribution < 1.29 is 18.8 Å². The zero-order chi connectivity index (χ0) is 10.6. The van der Waals surface area contributed by atoms with Gasteiger partial charge in [0.25, 0.3) is 0 Å². The lowest BCUT2D eigenvalue weighted by molar-refractivity contribution is -0.116. The molecule has 0 saturated carbocycles. The second kappa shape index (κ2) is 4.55. The smallest absolute Gasteiger partial charge is 0.360 e. The first-order valence-electron chi connectivity index (χ1n) is 4.25. The fourth-order valence-corrected chi connectivity index (χ4v) is 0.943. The van der Waals surface area contributed by atoms with Crippen molar-refractivity contribution in [1.29, 1.82) is 0 Å². The molecule has 1 aromatic rings. The van der Waals surface area contributed by atoms with Crippen molar-refractivity contribution in [2.24, 2.45) is 0 Å². The third-order valence-electron chi connectivity index (χ3n) is 1.47. The van der Waals surface area contributed by atoms with Crippen molar-refractivity contribution in [3.63, 3.8) is 0 Å². The van der Waals surface area contributed by atoms with Crippen LogP contribution in [0.2, 0.25) is 0 Å². The van der Waals surface area contributed by atoms with Crippen LogP contribution in [0.15, 0.2) is 10.6 Å². The molecule has 0 saturated heterocycles. The quantitative estimate of drug-likeness (QED) is 0.673. The zero-order valence-electron chi connectivity index (χ0n) is 8.07. The molecule has 0 unspecified atom stereocenters. The molecule has 0 atom stereocenters. The number of ether oxygens (including phenoxy) is 1. The van der Waals surface area contributed by atoms with E-state index in [9.17, 15) is 9.59 Å². The van der Waals surface area contributed by atoms with E-state index in [0.717, 1.165) is 0 Å². The van der Waals surface area contributed by atoms with Gasteiger partial charge in [-0.2, -0.15) is 0 Å². The standard InChI is InChI=1S/C9H11NO4/c1-3-13-9(12)8-5-7(14-10-8)4-6(2)11/h5H,3-4H2,1-2H3. The number of Topliss-reactive ketones (excluding diaryl/α,β-unsaturated/α-hetero) is 1. The minimum atomic E-state index is -0.536. The molecule has 0 aliphatic heterocycles. The lowest BCUT2D eigenvalue weighted by Crippen LogP contribution is -2.04. The molecule has 0 spiro atoms. The minimum absolute atomic E-state index is 0.0449. The number of nitrogens with zero attached hydrogens (tertiary/aromatic N) is 1. The summed E-state index contributed by atoms with van der Waals surface area (Å²) in [4.78, 5) is 21.8. The van der Waals surface area contributed by atoms with Crippen LogP contribution in [0, 0.1) is 0 Å². The van der Waals surface area contributed by atoms with Crippen molar-refractivity contribution >= 4 is 11.8 Å². The number of ketones is 1. The first-order valence-corrected chi connectivity index (χ1v) is 4.25. The number of rotatable bonds is 4. The van der Waals surface area contributed by atoms with Gasteiger partial charge in [0.2, 0.25) is 0 Å². The largest absolute Gasteiger partial charge is 0.461 e. The Kier molecular flexibility index (Phi) is 3.39. The number of esters is 1. The van der Waals surface area contributed by atoms with Crippen molar-refractivity contribution in [3.8, 4) is 0 Å². The van der Waals surface area contributed by atoms with E-state index in [2.05, 4.69) is 5.16 Å². The molecule has 1 heterocycles. The van der Waals surface area contributed by atoms with Gasteiger partial charge in [0, 0.05) is 6.07 Å². The molecule has 1 aromatic heterocycles. The van der Waals surface area contributed by atoms with Crippen LogP contribution in [-0.4, -0.2) is 23.5 Å². The van der Waals surface area contributed by atoms with Gasteiger partial charge in [-0.05, 0) is 13.8 Å². The molecule has 5 nitrogen and oxygen atoms in total. The topological polar surface area (TPSA) is 69.4 Å². The van der Waals surface area contributed by atoms with Crippen molar-refractivity contribution in [2.75, 3.05) is 6.61 Å². The molecule has 0 N–H and O–H groups in total. The molecule has 5 heteroatoms. The molecule has 14 heavy (non-hydrogen) atoms. The first kappa shape index (κ1) is 10.4. The van der Waals surface area contributed by atoms with E-state index in [-0.39, 0.29) is 24.5 Å². The maximum Gasteiger partial charge on any atom is 0.360 e. The molecule has 76 valence electrons. The van der Waals surface area contributed by atoms with Gasteiger partial charge in [0.1, 0.15) is 11.5 Å². The fraction of sp³-hybridized carbons (Fsp3) is 0.444. The fourth-order valence-electron chi connectivity index (χ4n) is 0.943. The third-order valence-corrected chi connectivity index (χ3v) is 1.47. The Morgan fingerprint density at radius 3 is 2.86 bits per heavy atom. The number of carbonyl (C=O) groups excluding carboxylic acids is 2. The molecular formula is C9H11NO4. The normalized spacial score (nSPS) is 9.86. The lowest BCUT2D eigenvalue weighted by Gasteiger charge is -1.94. The van der Waals surface area contributed by atoms with Crippen LogP contribution in [0.25, 0.3) is 0 Å². The van der Waals surface area contributed by atoms with E-state index in [0.29, 0.717) is 5.76 Å². The SMILES string of the molecule is CCOC(=O)c1cc(CC(C)=O)on1. The van der Waals surface area contributed by atoms with E-state index >= 15 is 0 Å². The molecule has 1 rings (SSSR count). The second-order valence-corrected chi connectivity index (χ2v) is 2.78. The number of hydrogen-bond acceptors (Lipinski definition) is 5. The summed E-state index contributed by atoms with van der Waals surface area (Å²) < 4.78 is 9.47. The Morgan fingerprint density at radius 2 is 2.29 bits per heavy atom. The van der Waals surface area contributed by atoms with Crippen molar-refractivity contribution in [2.45, 2.75) is 20.3 Å². The molecular weight excluding hydrogens is 186 g/mol. The molecule has 0 aliphatic carbocycles. The van der Waals surface area contributed by atoms with Crippen molar-refractivity contribution in [3.05, 3.63) is 17.5 Å². The van der Waals surface area contributed by atoms with Crippen LogP contribution in [0.4, 0.5) is 0 Å². The molecule has 0 radical (unpaired) electrons. The molecule has 0 aliphatic rings. The molecule has 0 amide bonds. The van der Waals surface area contributed by atoms with Gasteiger partial charge in [-0.3, -0.25) is 4.79 Å². The van der Waals surface area contributed by atoms with Crippen LogP contribution >= 0.6 is 0 Å². The summed E-state index contributed by atoms with van der Waals surface area (Å²) in [7, 11) is 0. The van der Waals surface area contributed by atoms with E-state index in [1.165, 1.54) is 13.0 Å². The van der Waals surface area contributed by atoms with Gasteiger partial charge in [-0.15, -0.1) is 0 Å². The number of hydrogen-bond donors (Lipinski definition) is 0. The average molecular weight is 197 g/mol. The highest BCUT2D eigenvalue weighted by molar-refractivity contribution is 5.87. The highest BCUT2D eigenvalue weighted by Crippen LogP contribution is 2.06. The molecule has 0 fully saturated rings. The predicted molar refractivity (Wildman–Crippen MR) is 46.8 cm³/mol. The summed E-state index contributed by atoms with van der Waals surface area (Å²) in [6, 6.07) is 1.42. The summed E-state index contributed by atoms with van der Waals surface area (Å²) in [5.74, 6) is -0.205. The Bertz CT molecular complexity index is 342. The highest BCUT2D eigenvalue weighted by Gasteiger charge is 2.13. The minimum Gasteiger partial charge on any atom is -0.461 e. The van der Waals surface area contributed by atoms with Crippen LogP contribution in [0.1, 0.15) is 30.1 Å². The average Bonchev–Trinajstić information content (AvgIpc) is 2.52. The third kappa shape index (κ3) is 2.69. The molecule has 0 aromatic carbocycles. The Morgan fingerprint density at radius 1 is 1.57 bits per heavy atom. The van der Waals surface area contributed by atoms with Gasteiger partial charge >= 0.3 is 5.97 Å². The van der Waals surface area contributed by atoms with Gasteiger partial charge in [-0.25, -0.2) is 4.79 Å². The summed E-state index contributed by atoms with van der Waals surface area (Å²) in [5, 5.41) is 3.49. The number of aromatic nitrogens is 1. The van der Waals surface area contributed by atoms with E-state index in [1.54, 1.807) is 6.92 Å². The Labute approximate surface area is 81.0 Å². The van der Waals surface area contributed by atoms with Gasteiger partial charge in [-0.1, -0.05) is 5.16 Å². The summed E-state index contributed by atoms with van der Waals surface area (Å²) in [6.45, 7) is 3.43. The Balaban J connectivity index is 2.67. The van der Waals surface area contributed by atoms with Gasteiger partial charge in [0.05, 0.1) is 13.0 Å². The monoisotopic (exact) mass is 197 g/mol. The van der Waals surface area contributed by atoms with Crippen LogP contribution in [-0.2, 0) is 16.0 Å². The maximum atomic E-state index is 11.1. The summed E-state index contributed by atoms with van der Waals surface area (Å²) in [5.41, 5.74) is 0.100. The first-order chi connectivity index (χ1) is 6.63. The van der Waals surface area contributed by atoms with E-state index in [1.807, 2.05) is 0 Å². The maximum absolute atomic E-state index is 11.1. The van der Waals surface area contributed by atoms with Crippen LogP contribution in [0.5, 0.6) is 0 Å². The lowest BCUT2D eigenvalue weighted by atomic mass is 10.2. The van der Waals surface area contributed by atoms with Crippen molar-refractivity contribution in [1.82, 2.24) is 5.16 Å². The number of carbonyl (C=O) groups is 2. The zero-order valence-corrected chi connectivity index (χ0v) is 8.07. The van der Waals surface area contributed by atoms with Gasteiger partial charge < -0.3 is 9.26 Å². The van der Waals surface area contributed by atoms with Gasteiger partial charge in [0.15, 0.2) is 5.69 Å².